The van der Waals surface area contributed by atoms with Crippen molar-refractivity contribution < 1.29 is 32.2 Å². The molecule has 0 rings (SSSR count). The summed E-state index contributed by atoms with van der Waals surface area (Å²) in [4.78, 5) is 22.5. The molecule has 0 aliphatic heterocycles. The molecule has 0 amide bonds. The highest BCUT2D eigenvalue weighted by atomic mass is 19.3. The maximum Gasteiger partial charge on any atom is 0.324 e. The van der Waals surface area contributed by atoms with E-state index >= 15 is 0 Å². The molecule has 100 valence electrons. The van der Waals surface area contributed by atoms with Gasteiger partial charge in [-0.05, 0) is 20.8 Å². The molecule has 0 aromatic heterocycles. The van der Waals surface area contributed by atoms with Crippen LogP contribution in [0.3, 0.4) is 0 Å². The summed E-state index contributed by atoms with van der Waals surface area (Å²) < 4.78 is 46.2. The summed E-state index contributed by atoms with van der Waals surface area (Å²) in [5.74, 6) is -5.01. The summed E-state index contributed by atoms with van der Waals surface area (Å²) in [5, 5.41) is 0. The fourth-order valence-electron chi connectivity index (χ4n) is 0.994. The van der Waals surface area contributed by atoms with E-state index in [1.807, 2.05) is 0 Å². The van der Waals surface area contributed by atoms with E-state index in [-0.39, 0.29) is 0 Å². The molecule has 0 aromatic carbocycles. The topological polar surface area (TPSA) is 52.6 Å². The highest BCUT2D eigenvalue weighted by Gasteiger charge is 2.44. The number of halogens is 3. The Kier molecular flexibility index (Phi) is 5.44. The van der Waals surface area contributed by atoms with Crippen molar-refractivity contribution in [3.63, 3.8) is 0 Å². The van der Waals surface area contributed by atoms with Crippen molar-refractivity contribution in [2.75, 3.05) is 7.11 Å². The van der Waals surface area contributed by atoms with Crippen LogP contribution >= 0.6 is 0 Å². The summed E-state index contributed by atoms with van der Waals surface area (Å²) in [6, 6.07) is 0. The van der Waals surface area contributed by atoms with Gasteiger partial charge in [0.25, 0.3) is 6.43 Å². The standard InChI is InChI=1S/C10H15F3O4/c1-10(2,3)17-9(15)5(8(14)16-4)6(11)7(12)13/h5-7H,1-4H3. The Labute approximate surface area is 97.1 Å². The van der Waals surface area contributed by atoms with E-state index in [1.165, 1.54) is 20.8 Å². The zero-order chi connectivity index (χ0) is 13.8. The Morgan fingerprint density at radius 2 is 1.53 bits per heavy atom. The Morgan fingerprint density at radius 3 is 1.82 bits per heavy atom. The van der Waals surface area contributed by atoms with Crippen molar-refractivity contribution in [1.29, 1.82) is 0 Å². The SMILES string of the molecule is COC(=O)C(C(=O)OC(C)(C)C)C(F)C(F)F. The van der Waals surface area contributed by atoms with Crippen LogP contribution in [0, 0.1) is 5.92 Å². The number of alkyl halides is 3. The quantitative estimate of drug-likeness (QED) is 0.567. The molecule has 0 radical (unpaired) electrons. The van der Waals surface area contributed by atoms with Gasteiger partial charge in [-0.3, -0.25) is 9.59 Å². The van der Waals surface area contributed by atoms with Crippen LogP contribution in [0.15, 0.2) is 0 Å². The number of ether oxygens (including phenoxy) is 2. The van der Waals surface area contributed by atoms with Crippen molar-refractivity contribution in [1.82, 2.24) is 0 Å². The zero-order valence-electron chi connectivity index (χ0n) is 10.00. The van der Waals surface area contributed by atoms with Gasteiger partial charge in [0.1, 0.15) is 5.60 Å². The third-order valence-electron chi connectivity index (χ3n) is 1.67. The fourth-order valence-corrected chi connectivity index (χ4v) is 0.994. The van der Waals surface area contributed by atoms with Crippen LogP contribution in [-0.2, 0) is 19.1 Å². The summed E-state index contributed by atoms with van der Waals surface area (Å²) >= 11 is 0. The number of esters is 2. The average molecular weight is 256 g/mol. The van der Waals surface area contributed by atoms with Gasteiger partial charge in [-0.25, -0.2) is 13.2 Å². The summed E-state index contributed by atoms with van der Waals surface area (Å²) in [7, 11) is 0.873. The first-order chi connectivity index (χ1) is 7.60. The van der Waals surface area contributed by atoms with Gasteiger partial charge in [0.15, 0.2) is 12.1 Å². The Hall–Kier alpha value is -1.27. The number of methoxy groups -OCH3 is 1. The molecule has 2 unspecified atom stereocenters. The third-order valence-corrected chi connectivity index (χ3v) is 1.67. The molecule has 0 saturated heterocycles. The molecule has 0 aliphatic rings. The lowest BCUT2D eigenvalue weighted by molar-refractivity contribution is -0.174. The molecule has 0 heterocycles. The van der Waals surface area contributed by atoms with Gasteiger partial charge in [0.05, 0.1) is 7.11 Å². The second kappa shape index (κ2) is 5.88. The molecule has 7 heteroatoms. The molecule has 17 heavy (non-hydrogen) atoms. The highest BCUT2D eigenvalue weighted by Crippen LogP contribution is 2.21. The monoisotopic (exact) mass is 256 g/mol. The third kappa shape index (κ3) is 5.06. The minimum atomic E-state index is -3.47. The van der Waals surface area contributed by atoms with Crippen LogP contribution < -0.4 is 0 Å². The summed E-state index contributed by atoms with van der Waals surface area (Å²) in [5.41, 5.74) is -1.01. The minimum Gasteiger partial charge on any atom is -0.468 e. The number of carbonyl (C=O) groups excluding carboxylic acids is 2. The van der Waals surface area contributed by atoms with Crippen molar-refractivity contribution in [2.45, 2.75) is 39.0 Å². The maximum absolute atomic E-state index is 13.1. The predicted octanol–water partition coefficient (Wildman–Crippen LogP) is 1.72. The largest absolute Gasteiger partial charge is 0.468 e. The van der Waals surface area contributed by atoms with E-state index in [0.29, 0.717) is 0 Å². The van der Waals surface area contributed by atoms with Crippen molar-refractivity contribution in [3.05, 3.63) is 0 Å². The summed E-state index contributed by atoms with van der Waals surface area (Å²) in [6.07, 6.45) is -6.41. The number of hydrogen-bond donors (Lipinski definition) is 0. The number of hydrogen-bond acceptors (Lipinski definition) is 4. The first kappa shape index (κ1) is 15.7. The van der Waals surface area contributed by atoms with Gasteiger partial charge in [0.2, 0.25) is 0 Å². The second-order valence-corrected chi connectivity index (χ2v) is 4.31. The molecule has 2 atom stereocenters. The molecule has 0 aromatic rings. The normalized spacial score (nSPS) is 15.3. The van der Waals surface area contributed by atoms with Crippen LogP contribution in [0.5, 0.6) is 0 Å². The van der Waals surface area contributed by atoms with E-state index in [4.69, 9.17) is 0 Å². The molecular weight excluding hydrogens is 241 g/mol. The van der Waals surface area contributed by atoms with E-state index in [0.717, 1.165) is 7.11 Å². The lowest BCUT2D eigenvalue weighted by atomic mass is 10.0. The van der Waals surface area contributed by atoms with Gasteiger partial charge >= 0.3 is 11.9 Å². The lowest BCUT2D eigenvalue weighted by Crippen LogP contribution is -2.41. The van der Waals surface area contributed by atoms with Crippen molar-refractivity contribution >= 4 is 11.9 Å². The van der Waals surface area contributed by atoms with Gasteiger partial charge in [-0.2, -0.15) is 0 Å². The van der Waals surface area contributed by atoms with E-state index in [2.05, 4.69) is 9.47 Å². The number of rotatable bonds is 4. The van der Waals surface area contributed by atoms with Crippen LogP contribution in [-0.4, -0.2) is 37.2 Å². The molecular formula is C10H15F3O4. The Bertz CT molecular complexity index is 286. The molecule has 0 fully saturated rings. The Morgan fingerprint density at radius 1 is 1.06 bits per heavy atom. The minimum absolute atomic E-state index is 0.873. The van der Waals surface area contributed by atoms with Crippen LogP contribution in [0.2, 0.25) is 0 Å². The first-order valence-corrected chi connectivity index (χ1v) is 4.83. The van der Waals surface area contributed by atoms with Crippen LogP contribution in [0.1, 0.15) is 20.8 Å². The smallest absolute Gasteiger partial charge is 0.324 e. The number of carbonyl (C=O) groups is 2. The molecule has 0 bridgehead atoms. The van der Waals surface area contributed by atoms with Crippen LogP contribution in [0.25, 0.3) is 0 Å². The van der Waals surface area contributed by atoms with Crippen molar-refractivity contribution in [2.24, 2.45) is 5.92 Å². The predicted molar refractivity (Wildman–Crippen MR) is 52.3 cm³/mol. The van der Waals surface area contributed by atoms with Gasteiger partial charge in [-0.1, -0.05) is 0 Å². The molecule has 4 nitrogen and oxygen atoms in total. The van der Waals surface area contributed by atoms with E-state index < -0.39 is 36.1 Å². The highest BCUT2D eigenvalue weighted by molar-refractivity contribution is 5.95. The molecule has 0 aliphatic carbocycles. The van der Waals surface area contributed by atoms with Gasteiger partial charge in [0, 0.05) is 0 Å². The maximum atomic E-state index is 13.1. The second-order valence-electron chi connectivity index (χ2n) is 4.31. The zero-order valence-corrected chi connectivity index (χ0v) is 10.00. The molecule has 0 spiro atoms. The average Bonchev–Trinajstić information content (AvgIpc) is 2.14. The van der Waals surface area contributed by atoms with Gasteiger partial charge < -0.3 is 9.47 Å². The molecule has 0 saturated carbocycles. The summed E-state index contributed by atoms with van der Waals surface area (Å²) in [6.45, 7) is 4.40. The van der Waals surface area contributed by atoms with E-state index in [9.17, 15) is 22.8 Å². The first-order valence-electron chi connectivity index (χ1n) is 4.83. The van der Waals surface area contributed by atoms with Gasteiger partial charge in [-0.15, -0.1) is 0 Å². The van der Waals surface area contributed by atoms with Crippen molar-refractivity contribution in [3.8, 4) is 0 Å². The molecule has 0 N–H and O–H groups in total. The fraction of sp³-hybridized carbons (Fsp3) is 0.800. The Balaban J connectivity index is 4.94. The van der Waals surface area contributed by atoms with Crippen LogP contribution in [0.4, 0.5) is 13.2 Å². The lowest BCUT2D eigenvalue weighted by Gasteiger charge is -2.24. The van der Waals surface area contributed by atoms with E-state index in [1.54, 1.807) is 0 Å².